The Bertz CT molecular complexity index is 380. The first-order valence-corrected chi connectivity index (χ1v) is 4.67. The van der Waals surface area contributed by atoms with Crippen molar-refractivity contribution in [3.05, 3.63) is 47.7 Å². The van der Waals surface area contributed by atoms with Gasteiger partial charge in [-0.15, -0.1) is 0 Å². The van der Waals surface area contributed by atoms with E-state index in [0.717, 1.165) is 5.56 Å². The summed E-state index contributed by atoms with van der Waals surface area (Å²) in [5.41, 5.74) is 2.26. The Morgan fingerprint density at radius 2 is 2.29 bits per heavy atom. The lowest BCUT2D eigenvalue weighted by Gasteiger charge is -2.19. The second kappa shape index (κ2) is 3.66. The number of ether oxygens (including phenoxy) is 1. The average molecular weight is 188 g/mol. The molecule has 0 aromatic heterocycles. The van der Waals surface area contributed by atoms with Crippen LogP contribution in [0.15, 0.2) is 36.6 Å². The molecule has 0 bridgehead atoms. The molecule has 0 spiro atoms. The molecule has 0 radical (unpaired) electrons. The number of aryl methyl sites for hydroxylation is 1. The Morgan fingerprint density at radius 1 is 1.43 bits per heavy atom. The lowest BCUT2D eigenvalue weighted by Crippen LogP contribution is -2.11. The Kier molecular flexibility index (Phi) is 2.35. The molecule has 1 aromatic carbocycles. The monoisotopic (exact) mass is 188 g/mol. The highest BCUT2D eigenvalue weighted by Crippen LogP contribution is 2.25. The molecule has 0 N–H and O–H groups in total. The van der Waals surface area contributed by atoms with Crippen LogP contribution < -0.4 is 0 Å². The van der Waals surface area contributed by atoms with E-state index in [9.17, 15) is 4.79 Å². The largest absolute Gasteiger partial charge is 0.493 e. The molecule has 0 amide bonds. The van der Waals surface area contributed by atoms with Crippen LogP contribution in [-0.4, -0.2) is 5.78 Å². The number of rotatable bonds is 1. The number of carbonyl (C=O) groups excluding carboxylic acids is 1. The van der Waals surface area contributed by atoms with Crippen molar-refractivity contribution in [2.24, 2.45) is 0 Å². The van der Waals surface area contributed by atoms with Gasteiger partial charge in [-0.25, -0.2) is 0 Å². The summed E-state index contributed by atoms with van der Waals surface area (Å²) >= 11 is 0. The van der Waals surface area contributed by atoms with Crippen LogP contribution in [0.25, 0.3) is 0 Å². The fourth-order valence-electron chi connectivity index (χ4n) is 1.58. The zero-order chi connectivity index (χ0) is 9.97. The van der Waals surface area contributed by atoms with Gasteiger partial charge < -0.3 is 4.74 Å². The van der Waals surface area contributed by atoms with Crippen molar-refractivity contribution in [2.45, 2.75) is 19.4 Å². The van der Waals surface area contributed by atoms with Gasteiger partial charge in [-0.3, -0.25) is 4.79 Å². The van der Waals surface area contributed by atoms with Crippen LogP contribution >= 0.6 is 0 Å². The van der Waals surface area contributed by atoms with Crippen LogP contribution in [0.2, 0.25) is 0 Å². The number of hydrogen-bond donors (Lipinski definition) is 0. The molecule has 72 valence electrons. The third kappa shape index (κ3) is 1.84. The van der Waals surface area contributed by atoms with E-state index in [0.29, 0.717) is 6.42 Å². The third-order valence-corrected chi connectivity index (χ3v) is 2.30. The molecule has 1 heterocycles. The number of benzene rings is 1. The zero-order valence-corrected chi connectivity index (χ0v) is 8.07. The van der Waals surface area contributed by atoms with Gasteiger partial charge in [-0.05, 0) is 12.5 Å². The maximum Gasteiger partial charge on any atom is 0.162 e. The van der Waals surface area contributed by atoms with Crippen molar-refractivity contribution in [1.82, 2.24) is 0 Å². The summed E-state index contributed by atoms with van der Waals surface area (Å²) in [7, 11) is 0. The molecule has 2 nitrogen and oxygen atoms in total. The second-order valence-electron chi connectivity index (χ2n) is 3.51. The smallest absolute Gasteiger partial charge is 0.162 e. The highest BCUT2D eigenvalue weighted by molar-refractivity contribution is 5.90. The number of carbonyl (C=O) groups is 1. The van der Waals surface area contributed by atoms with Crippen LogP contribution in [-0.2, 0) is 9.53 Å². The van der Waals surface area contributed by atoms with Crippen LogP contribution in [0.4, 0.5) is 0 Å². The first-order valence-electron chi connectivity index (χ1n) is 4.67. The van der Waals surface area contributed by atoms with Gasteiger partial charge in [0, 0.05) is 6.08 Å². The van der Waals surface area contributed by atoms with Crippen molar-refractivity contribution in [3.63, 3.8) is 0 Å². The highest BCUT2D eigenvalue weighted by atomic mass is 16.5. The predicted molar refractivity (Wildman–Crippen MR) is 53.8 cm³/mol. The number of ketones is 1. The van der Waals surface area contributed by atoms with E-state index in [1.54, 1.807) is 0 Å². The SMILES string of the molecule is Cc1cccc([C@H]2CC(=O)C=CO2)c1. The quantitative estimate of drug-likeness (QED) is 0.677. The Balaban J connectivity index is 2.23. The Labute approximate surface area is 83.2 Å². The summed E-state index contributed by atoms with van der Waals surface area (Å²) in [5.74, 6) is 0.128. The highest BCUT2D eigenvalue weighted by Gasteiger charge is 2.18. The summed E-state index contributed by atoms with van der Waals surface area (Å²) in [5, 5.41) is 0. The molecule has 2 rings (SSSR count). The van der Waals surface area contributed by atoms with E-state index in [1.807, 2.05) is 25.1 Å². The number of hydrogen-bond acceptors (Lipinski definition) is 2. The molecular weight excluding hydrogens is 176 g/mol. The normalized spacial score (nSPS) is 20.6. The van der Waals surface area contributed by atoms with Gasteiger partial charge in [0.15, 0.2) is 5.78 Å². The average Bonchev–Trinajstić information content (AvgIpc) is 2.18. The molecule has 2 heteroatoms. The van der Waals surface area contributed by atoms with Crippen molar-refractivity contribution in [2.75, 3.05) is 0 Å². The standard InChI is InChI=1S/C12H12O2/c1-9-3-2-4-10(7-9)12-8-11(13)5-6-14-12/h2-7,12H,8H2,1H3/t12-/m1/s1. The molecule has 0 aliphatic carbocycles. The van der Waals surface area contributed by atoms with Crippen molar-refractivity contribution < 1.29 is 9.53 Å². The molecule has 1 aromatic rings. The third-order valence-electron chi connectivity index (χ3n) is 2.30. The second-order valence-corrected chi connectivity index (χ2v) is 3.51. The van der Waals surface area contributed by atoms with Crippen molar-refractivity contribution in [1.29, 1.82) is 0 Å². The minimum Gasteiger partial charge on any atom is -0.493 e. The van der Waals surface area contributed by atoms with Crippen LogP contribution in [0.1, 0.15) is 23.7 Å². The van der Waals surface area contributed by atoms with E-state index >= 15 is 0 Å². The summed E-state index contributed by atoms with van der Waals surface area (Å²) in [6, 6.07) is 8.06. The van der Waals surface area contributed by atoms with E-state index in [2.05, 4.69) is 6.07 Å². The van der Waals surface area contributed by atoms with Gasteiger partial charge in [0.1, 0.15) is 6.10 Å². The molecule has 14 heavy (non-hydrogen) atoms. The number of allylic oxidation sites excluding steroid dienone is 1. The molecule has 1 aliphatic heterocycles. The summed E-state index contributed by atoms with van der Waals surface area (Å²) in [6.07, 6.45) is 3.30. The maximum atomic E-state index is 11.2. The fourth-order valence-corrected chi connectivity index (χ4v) is 1.58. The Hall–Kier alpha value is -1.57. The summed E-state index contributed by atoms with van der Waals surface area (Å²) < 4.78 is 5.39. The molecule has 1 atom stereocenters. The minimum atomic E-state index is -0.104. The van der Waals surface area contributed by atoms with Gasteiger partial charge in [0.25, 0.3) is 0 Å². The predicted octanol–water partition coefficient (Wildman–Crippen LogP) is 2.54. The lowest BCUT2D eigenvalue weighted by atomic mass is 10.0. The van der Waals surface area contributed by atoms with Gasteiger partial charge in [-0.1, -0.05) is 29.8 Å². The van der Waals surface area contributed by atoms with E-state index in [4.69, 9.17) is 4.74 Å². The molecule has 0 saturated carbocycles. The Morgan fingerprint density at radius 3 is 3.00 bits per heavy atom. The van der Waals surface area contributed by atoms with Crippen LogP contribution in [0, 0.1) is 6.92 Å². The van der Waals surface area contributed by atoms with Gasteiger partial charge in [-0.2, -0.15) is 0 Å². The summed E-state index contributed by atoms with van der Waals surface area (Å²) in [6.45, 7) is 2.03. The van der Waals surface area contributed by atoms with Crippen molar-refractivity contribution >= 4 is 5.78 Å². The van der Waals surface area contributed by atoms with Gasteiger partial charge in [0.05, 0.1) is 12.7 Å². The van der Waals surface area contributed by atoms with Crippen molar-refractivity contribution in [3.8, 4) is 0 Å². The molecule has 0 saturated heterocycles. The maximum absolute atomic E-state index is 11.2. The van der Waals surface area contributed by atoms with Crippen LogP contribution in [0.5, 0.6) is 0 Å². The first-order chi connectivity index (χ1) is 6.75. The summed E-state index contributed by atoms with van der Waals surface area (Å²) in [4.78, 5) is 11.2. The lowest BCUT2D eigenvalue weighted by molar-refractivity contribution is -0.118. The molecular formula is C12H12O2. The van der Waals surface area contributed by atoms with E-state index in [-0.39, 0.29) is 11.9 Å². The molecule has 0 fully saturated rings. The van der Waals surface area contributed by atoms with Crippen LogP contribution in [0.3, 0.4) is 0 Å². The van der Waals surface area contributed by atoms with E-state index < -0.39 is 0 Å². The zero-order valence-electron chi connectivity index (χ0n) is 8.07. The molecule has 0 unspecified atom stereocenters. The first kappa shape index (κ1) is 9.00. The van der Waals surface area contributed by atoms with Gasteiger partial charge in [0.2, 0.25) is 0 Å². The topological polar surface area (TPSA) is 26.3 Å². The van der Waals surface area contributed by atoms with Gasteiger partial charge >= 0.3 is 0 Å². The fraction of sp³-hybridized carbons (Fsp3) is 0.250. The minimum absolute atomic E-state index is 0.104. The van der Waals surface area contributed by atoms with E-state index in [1.165, 1.54) is 17.9 Å². The molecule has 1 aliphatic rings.